The number of aromatic nitrogens is 2. The molecular weight excluding hydrogens is 162 g/mol. The van der Waals surface area contributed by atoms with Crippen LogP contribution >= 0.6 is 0 Å². The van der Waals surface area contributed by atoms with Gasteiger partial charge in [-0.25, -0.2) is 0 Å². The van der Waals surface area contributed by atoms with Crippen molar-refractivity contribution in [3.8, 4) is 0 Å². The van der Waals surface area contributed by atoms with E-state index in [0.29, 0.717) is 6.04 Å². The molecule has 0 spiro atoms. The van der Waals surface area contributed by atoms with Crippen molar-refractivity contribution >= 4 is 0 Å². The molecule has 0 aliphatic rings. The molecule has 0 saturated carbocycles. The Labute approximate surface area is 79.5 Å². The third-order valence-corrected chi connectivity index (χ3v) is 1.93. The van der Waals surface area contributed by atoms with E-state index < -0.39 is 0 Å². The van der Waals surface area contributed by atoms with Gasteiger partial charge < -0.3 is 5.32 Å². The normalized spacial score (nSPS) is 12.8. The first kappa shape index (κ1) is 9.99. The third-order valence-electron chi connectivity index (χ3n) is 1.93. The summed E-state index contributed by atoms with van der Waals surface area (Å²) < 4.78 is 1.81. The van der Waals surface area contributed by atoms with Gasteiger partial charge in [0.05, 0.1) is 6.20 Å². The highest BCUT2D eigenvalue weighted by atomic mass is 15.2. The fourth-order valence-corrected chi connectivity index (χ4v) is 1.11. The van der Waals surface area contributed by atoms with Crippen molar-refractivity contribution in [3.05, 3.63) is 30.1 Å². The van der Waals surface area contributed by atoms with Crippen LogP contribution in [-0.4, -0.2) is 16.3 Å². The molecule has 1 atom stereocenters. The lowest BCUT2D eigenvalue weighted by molar-refractivity contribution is 0.606. The zero-order valence-electron chi connectivity index (χ0n) is 8.54. The van der Waals surface area contributed by atoms with Crippen molar-refractivity contribution in [1.29, 1.82) is 0 Å². The minimum atomic E-state index is 0.338. The summed E-state index contributed by atoms with van der Waals surface area (Å²) in [6, 6.07) is 0.338. The second kappa shape index (κ2) is 4.23. The average molecular weight is 179 g/mol. The van der Waals surface area contributed by atoms with Gasteiger partial charge in [0.15, 0.2) is 0 Å². The summed E-state index contributed by atoms with van der Waals surface area (Å²) >= 11 is 0. The first-order valence-corrected chi connectivity index (χ1v) is 4.46. The molecule has 1 unspecified atom stereocenters. The zero-order chi connectivity index (χ0) is 9.84. The van der Waals surface area contributed by atoms with E-state index in [1.807, 2.05) is 31.0 Å². The van der Waals surface area contributed by atoms with E-state index in [-0.39, 0.29) is 0 Å². The second-order valence-electron chi connectivity index (χ2n) is 3.51. The van der Waals surface area contributed by atoms with Crippen LogP contribution in [-0.2, 0) is 7.05 Å². The maximum absolute atomic E-state index is 4.12. The summed E-state index contributed by atoms with van der Waals surface area (Å²) in [6.07, 6.45) is 3.91. The van der Waals surface area contributed by atoms with E-state index >= 15 is 0 Å². The van der Waals surface area contributed by atoms with Crippen molar-refractivity contribution < 1.29 is 0 Å². The Morgan fingerprint density at radius 1 is 1.77 bits per heavy atom. The second-order valence-corrected chi connectivity index (χ2v) is 3.51. The fourth-order valence-electron chi connectivity index (χ4n) is 1.11. The Bertz CT molecular complexity index is 288. The minimum Gasteiger partial charge on any atom is -0.306 e. The molecule has 0 aliphatic carbocycles. The molecule has 1 heterocycles. The van der Waals surface area contributed by atoms with Crippen LogP contribution < -0.4 is 5.32 Å². The fraction of sp³-hybridized carbons (Fsp3) is 0.500. The van der Waals surface area contributed by atoms with Gasteiger partial charge in [0.25, 0.3) is 0 Å². The molecule has 0 saturated heterocycles. The molecule has 3 heteroatoms. The number of hydrogen-bond acceptors (Lipinski definition) is 2. The highest BCUT2D eigenvalue weighted by Gasteiger charge is 2.05. The number of hydrogen-bond donors (Lipinski definition) is 1. The maximum atomic E-state index is 4.12. The molecule has 1 N–H and O–H groups in total. The van der Waals surface area contributed by atoms with E-state index in [2.05, 4.69) is 23.9 Å². The summed E-state index contributed by atoms with van der Waals surface area (Å²) in [4.78, 5) is 0. The summed E-state index contributed by atoms with van der Waals surface area (Å²) in [5.74, 6) is 0. The number of nitrogens with zero attached hydrogens (tertiary/aromatic N) is 2. The summed E-state index contributed by atoms with van der Waals surface area (Å²) in [5.41, 5.74) is 2.36. The first-order chi connectivity index (χ1) is 6.09. The molecule has 13 heavy (non-hydrogen) atoms. The Kier molecular flexibility index (Phi) is 3.25. The Morgan fingerprint density at radius 3 is 2.92 bits per heavy atom. The topological polar surface area (TPSA) is 29.9 Å². The van der Waals surface area contributed by atoms with Gasteiger partial charge in [0, 0.05) is 31.4 Å². The van der Waals surface area contributed by atoms with Gasteiger partial charge in [-0.2, -0.15) is 5.10 Å². The molecule has 0 fully saturated rings. The van der Waals surface area contributed by atoms with Crippen LogP contribution in [0.15, 0.2) is 24.5 Å². The smallest absolute Gasteiger partial charge is 0.0537 e. The predicted molar refractivity (Wildman–Crippen MR) is 54.4 cm³/mol. The molecule has 0 radical (unpaired) electrons. The van der Waals surface area contributed by atoms with Gasteiger partial charge in [-0.05, 0) is 13.8 Å². The van der Waals surface area contributed by atoms with Crippen LogP contribution in [0.25, 0.3) is 0 Å². The predicted octanol–water partition coefficient (Wildman–Crippen LogP) is 1.65. The van der Waals surface area contributed by atoms with Gasteiger partial charge in [-0.3, -0.25) is 4.68 Å². The Morgan fingerprint density at radius 2 is 2.46 bits per heavy atom. The molecule has 0 bridgehead atoms. The molecule has 0 amide bonds. The van der Waals surface area contributed by atoms with Crippen molar-refractivity contribution in [3.63, 3.8) is 0 Å². The van der Waals surface area contributed by atoms with Gasteiger partial charge in [0.2, 0.25) is 0 Å². The maximum Gasteiger partial charge on any atom is 0.0537 e. The van der Waals surface area contributed by atoms with Crippen molar-refractivity contribution in [2.45, 2.75) is 19.9 Å². The SMILES string of the molecule is C=C(C)CNC(C)c1cnn(C)c1. The monoisotopic (exact) mass is 179 g/mol. The molecule has 3 nitrogen and oxygen atoms in total. The van der Waals surface area contributed by atoms with Gasteiger partial charge in [-0.15, -0.1) is 0 Å². The number of nitrogens with one attached hydrogen (secondary N) is 1. The van der Waals surface area contributed by atoms with Crippen molar-refractivity contribution in [2.75, 3.05) is 6.54 Å². The van der Waals surface area contributed by atoms with Crippen LogP contribution in [0.2, 0.25) is 0 Å². The lowest BCUT2D eigenvalue weighted by Gasteiger charge is -2.11. The quantitative estimate of drug-likeness (QED) is 0.712. The van der Waals surface area contributed by atoms with E-state index in [4.69, 9.17) is 0 Å². The molecule has 0 aliphatic heterocycles. The lowest BCUT2D eigenvalue weighted by atomic mass is 10.2. The third kappa shape index (κ3) is 3.03. The van der Waals surface area contributed by atoms with Gasteiger partial charge >= 0.3 is 0 Å². The van der Waals surface area contributed by atoms with Crippen molar-refractivity contribution in [1.82, 2.24) is 15.1 Å². The number of rotatable bonds is 4. The van der Waals surface area contributed by atoms with Crippen LogP contribution in [0.3, 0.4) is 0 Å². The average Bonchev–Trinajstić information content (AvgIpc) is 2.47. The van der Waals surface area contributed by atoms with E-state index in [9.17, 15) is 0 Å². The molecule has 0 aromatic carbocycles. The summed E-state index contributed by atoms with van der Waals surface area (Å²) in [5, 5.41) is 7.48. The largest absolute Gasteiger partial charge is 0.306 e. The summed E-state index contributed by atoms with van der Waals surface area (Å²) in [7, 11) is 1.93. The molecule has 72 valence electrons. The standard InChI is InChI=1S/C10H17N3/c1-8(2)5-11-9(3)10-6-12-13(4)7-10/h6-7,9,11H,1,5H2,2-4H3. The summed E-state index contributed by atoms with van der Waals surface area (Å²) in [6.45, 7) is 8.84. The Balaban J connectivity index is 2.48. The highest BCUT2D eigenvalue weighted by Crippen LogP contribution is 2.09. The molecule has 1 rings (SSSR count). The Hall–Kier alpha value is -1.09. The van der Waals surface area contributed by atoms with Crippen LogP contribution in [0.4, 0.5) is 0 Å². The molecular formula is C10H17N3. The van der Waals surface area contributed by atoms with Crippen LogP contribution in [0.5, 0.6) is 0 Å². The minimum absolute atomic E-state index is 0.338. The van der Waals surface area contributed by atoms with Crippen LogP contribution in [0, 0.1) is 0 Å². The molecule has 1 aromatic heterocycles. The van der Waals surface area contributed by atoms with E-state index in [0.717, 1.165) is 12.1 Å². The van der Waals surface area contributed by atoms with E-state index in [1.54, 1.807) is 0 Å². The highest BCUT2D eigenvalue weighted by molar-refractivity contribution is 5.09. The zero-order valence-corrected chi connectivity index (χ0v) is 8.54. The van der Waals surface area contributed by atoms with Crippen LogP contribution in [0.1, 0.15) is 25.5 Å². The van der Waals surface area contributed by atoms with Crippen molar-refractivity contribution in [2.24, 2.45) is 7.05 Å². The lowest BCUT2D eigenvalue weighted by Crippen LogP contribution is -2.19. The van der Waals surface area contributed by atoms with E-state index in [1.165, 1.54) is 5.56 Å². The molecule has 1 aromatic rings. The first-order valence-electron chi connectivity index (χ1n) is 4.46. The van der Waals surface area contributed by atoms with Gasteiger partial charge in [0.1, 0.15) is 0 Å². The number of aryl methyl sites for hydroxylation is 1. The van der Waals surface area contributed by atoms with Gasteiger partial charge in [-0.1, -0.05) is 12.2 Å².